The fraction of sp³-hybridized carbons (Fsp3) is 0.345. The largest absolute Gasteiger partial charge is 0.465 e. The number of carboxylic acid groups (broad SMARTS) is 1. The highest BCUT2D eigenvalue weighted by Crippen LogP contribution is 2.36. The van der Waals surface area contributed by atoms with E-state index in [0.717, 1.165) is 5.56 Å². The maximum atomic E-state index is 14.6. The Balaban J connectivity index is 1.85. The Hall–Kier alpha value is -4.05. The van der Waals surface area contributed by atoms with Crippen LogP contribution in [0.2, 0.25) is 5.02 Å². The normalized spacial score (nSPS) is 15.8. The Bertz CT molecular complexity index is 1710. The molecular formula is C29H30ClFN6O3. The van der Waals surface area contributed by atoms with Crippen LogP contribution < -0.4 is 10.6 Å². The van der Waals surface area contributed by atoms with E-state index in [9.17, 15) is 19.1 Å². The van der Waals surface area contributed by atoms with Crippen molar-refractivity contribution in [1.29, 1.82) is 0 Å². The van der Waals surface area contributed by atoms with Crippen molar-refractivity contribution >= 4 is 34.5 Å². The van der Waals surface area contributed by atoms with E-state index in [-0.39, 0.29) is 30.1 Å². The molecule has 1 aliphatic heterocycles. The van der Waals surface area contributed by atoms with Gasteiger partial charge >= 0.3 is 11.8 Å². The Kier molecular flexibility index (Phi) is 7.22. The molecule has 0 spiro atoms. The zero-order valence-corrected chi connectivity index (χ0v) is 23.7. The number of carbonyl (C=O) groups is 1. The molecule has 1 atom stereocenters. The predicted octanol–water partition coefficient (Wildman–Crippen LogP) is 5.56. The van der Waals surface area contributed by atoms with E-state index in [4.69, 9.17) is 16.6 Å². The summed E-state index contributed by atoms with van der Waals surface area (Å²) in [6, 6.07) is 7.98. The van der Waals surface area contributed by atoms with Crippen molar-refractivity contribution < 1.29 is 14.3 Å². The van der Waals surface area contributed by atoms with Gasteiger partial charge in [0.25, 0.3) is 0 Å². The summed E-state index contributed by atoms with van der Waals surface area (Å²) in [5, 5.41) is 10.3. The second-order valence-electron chi connectivity index (χ2n) is 10.4. The highest BCUT2D eigenvalue weighted by Gasteiger charge is 2.31. The Morgan fingerprint density at radius 1 is 1.18 bits per heavy atom. The van der Waals surface area contributed by atoms with Crippen LogP contribution in [0.4, 0.5) is 15.0 Å². The summed E-state index contributed by atoms with van der Waals surface area (Å²) >= 11 is 6.81. The fourth-order valence-electron chi connectivity index (χ4n) is 5.31. The van der Waals surface area contributed by atoms with Crippen LogP contribution in [0.15, 0.2) is 41.3 Å². The summed E-state index contributed by atoms with van der Waals surface area (Å²) in [5.74, 6) is -0.0187. The topological polar surface area (TPSA) is 104 Å². The molecule has 3 aromatic heterocycles. The molecule has 1 saturated heterocycles. The summed E-state index contributed by atoms with van der Waals surface area (Å²) in [5.41, 5.74) is 3.12. The van der Waals surface area contributed by atoms with Crippen molar-refractivity contribution in [3.8, 4) is 16.9 Å². The molecule has 4 heterocycles. The average molecular weight is 565 g/mol. The minimum Gasteiger partial charge on any atom is -0.465 e. The van der Waals surface area contributed by atoms with Gasteiger partial charge in [0.05, 0.1) is 27.5 Å². The van der Waals surface area contributed by atoms with Gasteiger partial charge in [-0.25, -0.2) is 23.5 Å². The lowest BCUT2D eigenvalue weighted by molar-refractivity contribution is 0.136. The molecule has 208 valence electrons. The molecule has 40 heavy (non-hydrogen) atoms. The number of aromatic nitrogens is 4. The van der Waals surface area contributed by atoms with Gasteiger partial charge < -0.3 is 14.9 Å². The molecule has 1 N–H and O–H groups in total. The van der Waals surface area contributed by atoms with Gasteiger partial charge in [-0.1, -0.05) is 37.6 Å². The average Bonchev–Trinajstić information content (AvgIpc) is 2.90. The van der Waals surface area contributed by atoms with Crippen LogP contribution in [0.5, 0.6) is 0 Å². The zero-order valence-electron chi connectivity index (χ0n) is 22.9. The molecule has 0 aliphatic carbocycles. The van der Waals surface area contributed by atoms with Gasteiger partial charge in [-0.15, -0.1) is 0 Å². The van der Waals surface area contributed by atoms with Gasteiger partial charge in [-0.2, -0.15) is 4.98 Å². The number of nitrogens with zero attached hydrogens (tertiary/aromatic N) is 6. The number of amides is 1. The van der Waals surface area contributed by atoms with Crippen LogP contribution in [0.1, 0.15) is 43.5 Å². The first-order valence-corrected chi connectivity index (χ1v) is 13.5. The summed E-state index contributed by atoms with van der Waals surface area (Å²) in [4.78, 5) is 42.8. The van der Waals surface area contributed by atoms with E-state index >= 15 is 0 Å². The van der Waals surface area contributed by atoms with Gasteiger partial charge in [0.15, 0.2) is 5.65 Å². The van der Waals surface area contributed by atoms with Gasteiger partial charge in [0.1, 0.15) is 11.6 Å². The SMILES string of the molecule is Cc1ccnc(C(C)C)c1-n1c(=O)nc(N2CCN(C(=O)O)C[C@@H]2C)c2cc(Cl)c(-c3cccc(F)c3C)nc21. The van der Waals surface area contributed by atoms with Gasteiger partial charge in [-0.05, 0) is 56.0 Å². The van der Waals surface area contributed by atoms with Crippen LogP contribution in [-0.2, 0) is 0 Å². The highest BCUT2D eigenvalue weighted by atomic mass is 35.5. The molecule has 9 nitrogen and oxygen atoms in total. The Morgan fingerprint density at radius 2 is 1.93 bits per heavy atom. The summed E-state index contributed by atoms with van der Waals surface area (Å²) < 4.78 is 16.0. The molecule has 0 unspecified atom stereocenters. The molecule has 1 aromatic carbocycles. The number of benzene rings is 1. The van der Waals surface area contributed by atoms with Gasteiger partial charge in [-0.3, -0.25) is 4.98 Å². The molecule has 11 heteroatoms. The third-order valence-corrected chi connectivity index (χ3v) is 7.71. The maximum absolute atomic E-state index is 14.6. The van der Waals surface area contributed by atoms with Crippen LogP contribution in [0.25, 0.3) is 28.0 Å². The van der Waals surface area contributed by atoms with E-state index in [1.807, 2.05) is 38.7 Å². The molecule has 1 fully saturated rings. The minimum atomic E-state index is -0.993. The first-order chi connectivity index (χ1) is 19.0. The second-order valence-corrected chi connectivity index (χ2v) is 10.9. The van der Waals surface area contributed by atoms with Crippen molar-refractivity contribution in [2.24, 2.45) is 0 Å². The van der Waals surface area contributed by atoms with Crippen molar-refractivity contribution in [3.05, 3.63) is 74.7 Å². The fourth-order valence-corrected chi connectivity index (χ4v) is 5.56. The number of hydrogen-bond donors (Lipinski definition) is 1. The lowest BCUT2D eigenvalue weighted by Gasteiger charge is -2.39. The summed E-state index contributed by atoms with van der Waals surface area (Å²) in [7, 11) is 0. The quantitative estimate of drug-likeness (QED) is 0.346. The number of rotatable bonds is 4. The number of aryl methyl sites for hydroxylation is 1. The van der Waals surface area contributed by atoms with E-state index in [0.29, 0.717) is 51.6 Å². The first-order valence-electron chi connectivity index (χ1n) is 13.1. The Morgan fingerprint density at radius 3 is 2.60 bits per heavy atom. The molecule has 1 amide bonds. The van der Waals surface area contributed by atoms with Gasteiger partial charge in [0.2, 0.25) is 0 Å². The number of piperazine rings is 1. The molecular weight excluding hydrogens is 535 g/mol. The van der Waals surface area contributed by atoms with Crippen molar-refractivity contribution in [2.75, 3.05) is 24.5 Å². The van der Waals surface area contributed by atoms with Crippen LogP contribution in [0.3, 0.4) is 0 Å². The predicted molar refractivity (Wildman–Crippen MR) is 153 cm³/mol. The van der Waals surface area contributed by atoms with Crippen LogP contribution in [-0.4, -0.2) is 61.3 Å². The maximum Gasteiger partial charge on any atom is 0.407 e. The third kappa shape index (κ3) is 4.66. The number of hydrogen-bond acceptors (Lipinski definition) is 6. The highest BCUT2D eigenvalue weighted by molar-refractivity contribution is 6.34. The molecule has 0 radical (unpaired) electrons. The number of halogens is 2. The standard InChI is InChI=1S/C29H30ClFN6O3/c1-15(2)23-25(16(3)9-10-32-23)37-27-20(13-21(30)24(33-27)19-7-6-8-22(31)18(19)5)26(34-28(37)38)36-12-11-35(29(39)40)14-17(36)4/h6-10,13,15,17H,11-12,14H2,1-5H3,(H,39,40)/t17-/m0/s1. The smallest absolute Gasteiger partial charge is 0.407 e. The second kappa shape index (κ2) is 10.5. The minimum absolute atomic E-state index is 0.00196. The number of fused-ring (bicyclic) bond motifs is 1. The number of anilines is 1. The molecule has 4 aromatic rings. The summed E-state index contributed by atoms with van der Waals surface area (Å²) in [6.07, 6.45) is 0.714. The van der Waals surface area contributed by atoms with E-state index in [1.54, 1.807) is 31.3 Å². The van der Waals surface area contributed by atoms with E-state index < -0.39 is 17.6 Å². The van der Waals surface area contributed by atoms with Crippen molar-refractivity contribution in [1.82, 2.24) is 24.4 Å². The molecule has 1 aliphatic rings. The van der Waals surface area contributed by atoms with E-state index in [1.165, 1.54) is 15.5 Å². The summed E-state index contributed by atoms with van der Waals surface area (Å²) in [6.45, 7) is 10.3. The lowest BCUT2D eigenvalue weighted by atomic mass is 10.0. The zero-order chi connectivity index (χ0) is 28.9. The Labute approximate surface area is 235 Å². The number of pyridine rings is 2. The molecule has 5 rings (SSSR count). The third-order valence-electron chi connectivity index (χ3n) is 7.42. The van der Waals surface area contributed by atoms with Crippen LogP contribution in [0, 0.1) is 19.7 Å². The monoisotopic (exact) mass is 564 g/mol. The van der Waals surface area contributed by atoms with Crippen LogP contribution >= 0.6 is 11.6 Å². The molecule has 0 saturated carbocycles. The first kappa shape index (κ1) is 27.5. The lowest BCUT2D eigenvalue weighted by Crippen LogP contribution is -2.54. The van der Waals surface area contributed by atoms with Gasteiger partial charge in [0, 0.05) is 37.4 Å². The van der Waals surface area contributed by atoms with Crippen molar-refractivity contribution in [2.45, 2.75) is 46.6 Å². The molecule has 0 bridgehead atoms. The van der Waals surface area contributed by atoms with Crippen molar-refractivity contribution in [3.63, 3.8) is 0 Å². The van der Waals surface area contributed by atoms with E-state index in [2.05, 4.69) is 9.97 Å².